The van der Waals surface area contributed by atoms with Crippen LogP contribution in [0.2, 0.25) is 0 Å². The Morgan fingerprint density at radius 1 is 1.33 bits per heavy atom. The van der Waals surface area contributed by atoms with Gasteiger partial charge in [-0.15, -0.1) is 0 Å². The van der Waals surface area contributed by atoms with Crippen LogP contribution in [0.4, 0.5) is 0 Å². The van der Waals surface area contributed by atoms with Gasteiger partial charge in [0.1, 0.15) is 5.75 Å². The first-order chi connectivity index (χ1) is 11.5. The van der Waals surface area contributed by atoms with Gasteiger partial charge in [0.05, 0.1) is 25.0 Å². The Labute approximate surface area is 144 Å². The second-order valence-electron chi connectivity index (χ2n) is 6.72. The van der Waals surface area contributed by atoms with Crippen LogP contribution in [0.5, 0.6) is 11.6 Å². The van der Waals surface area contributed by atoms with Crippen LogP contribution in [0.25, 0.3) is 0 Å². The molecular weight excluding hydrogens is 302 g/mol. The molecule has 1 aliphatic heterocycles. The molecule has 0 aliphatic carbocycles. The van der Waals surface area contributed by atoms with Gasteiger partial charge in [-0.25, -0.2) is 4.68 Å². The quantitative estimate of drug-likeness (QED) is 0.883. The van der Waals surface area contributed by atoms with Crippen LogP contribution < -0.4 is 14.8 Å². The highest BCUT2D eigenvalue weighted by atomic mass is 16.5. The van der Waals surface area contributed by atoms with Gasteiger partial charge in [-0.05, 0) is 30.0 Å². The van der Waals surface area contributed by atoms with Gasteiger partial charge in [0, 0.05) is 26.1 Å². The highest BCUT2D eigenvalue weighted by Crippen LogP contribution is 2.30. The number of hydrogen-bond donors (Lipinski definition) is 1. The van der Waals surface area contributed by atoms with Gasteiger partial charge in [-0.3, -0.25) is 0 Å². The standard InChI is InChI=1S/C19H27N3O2/c1-12(2)18-16(19(23-5)22(4)21-18)11-20-13(3)14-6-7-17-15(10-14)8-9-24-17/h6-7,10,12-13,20H,8-9,11H2,1-5H3/t13-/m1/s1. The van der Waals surface area contributed by atoms with E-state index >= 15 is 0 Å². The van der Waals surface area contributed by atoms with E-state index in [0.717, 1.165) is 42.5 Å². The number of ether oxygens (including phenoxy) is 2. The molecule has 5 nitrogen and oxygen atoms in total. The third-order valence-electron chi connectivity index (χ3n) is 4.66. The lowest BCUT2D eigenvalue weighted by molar-refractivity contribution is 0.356. The first kappa shape index (κ1) is 16.8. The smallest absolute Gasteiger partial charge is 0.216 e. The van der Waals surface area contributed by atoms with Crippen LogP contribution in [0, 0.1) is 0 Å². The fourth-order valence-electron chi connectivity index (χ4n) is 3.31. The summed E-state index contributed by atoms with van der Waals surface area (Å²) >= 11 is 0. The number of nitrogens with one attached hydrogen (secondary N) is 1. The minimum atomic E-state index is 0.251. The maximum absolute atomic E-state index is 5.59. The lowest BCUT2D eigenvalue weighted by Crippen LogP contribution is -2.19. The molecule has 0 spiro atoms. The summed E-state index contributed by atoms with van der Waals surface area (Å²) in [5.41, 5.74) is 4.83. The Bertz CT molecular complexity index is 722. The monoisotopic (exact) mass is 329 g/mol. The molecule has 5 heteroatoms. The number of nitrogens with zero attached hydrogens (tertiary/aromatic N) is 2. The molecule has 1 N–H and O–H groups in total. The van der Waals surface area contributed by atoms with Gasteiger partial charge < -0.3 is 14.8 Å². The molecule has 1 aromatic carbocycles. The summed E-state index contributed by atoms with van der Waals surface area (Å²) in [5.74, 6) is 2.23. The van der Waals surface area contributed by atoms with Crippen molar-refractivity contribution < 1.29 is 9.47 Å². The minimum absolute atomic E-state index is 0.251. The van der Waals surface area contributed by atoms with Gasteiger partial charge in [0.2, 0.25) is 5.88 Å². The lowest BCUT2D eigenvalue weighted by atomic mass is 10.0. The highest BCUT2D eigenvalue weighted by molar-refractivity contribution is 5.41. The zero-order valence-electron chi connectivity index (χ0n) is 15.2. The van der Waals surface area contributed by atoms with Crippen LogP contribution in [-0.2, 0) is 20.0 Å². The molecule has 24 heavy (non-hydrogen) atoms. The summed E-state index contributed by atoms with van der Waals surface area (Å²) in [6, 6.07) is 6.73. The largest absolute Gasteiger partial charge is 0.493 e. The van der Waals surface area contributed by atoms with Crippen LogP contribution in [0.1, 0.15) is 55.1 Å². The summed E-state index contributed by atoms with van der Waals surface area (Å²) in [7, 11) is 3.63. The molecule has 0 amide bonds. The van der Waals surface area contributed by atoms with Crippen LogP contribution >= 0.6 is 0 Å². The average Bonchev–Trinajstić information content (AvgIpc) is 3.15. The molecule has 1 atom stereocenters. The van der Waals surface area contributed by atoms with Crippen molar-refractivity contribution in [3.05, 3.63) is 40.6 Å². The summed E-state index contributed by atoms with van der Waals surface area (Å²) < 4.78 is 13.0. The predicted molar refractivity (Wildman–Crippen MR) is 94.7 cm³/mol. The van der Waals surface area contributed by atoms with Crippen molar-refractivity contribution in [1.82, 2.24) is 15.1 Å². The first-order valence-corrected chi connectivity index (χ1v) is 8.60. The molecule has 3 rings (SSSR count). The van der Waals surface area contributed by atoms with Crippen molar-refractivity contribution in [3.8, 4) is 11.6 Å². The number of fused-ring (bicyclic) bond motifs is 1. The number of aromatic nitrogens is 2. The molecule has 130 valence electrons. The Hall–Kier alpha value is -2.01. The zero-order chi connectivity index (χ0) is 17.3. The van der Waals surface area contributed by atoms with E-state index < -0.39 is 0 Å². The highest BCUT2D eigenvalue weighted by Gasteiger charge is 2.20. The Kier molecular flexibility index (Phi) is 4.81. The van der Waals surface area contributed by atoms with Gasteiger partial charge in [0.15, 0.2) is 0 Å². The normalized spacial score (nSPS) is 14.6. The van der Waals surface area contributed by atoms with Crippen molar-refractivity contribution >= 4 is 0 Å². The number of rotatable bonds is 6. The SMILES string of the molecule is COc1c(CN[C@H](C)c2ccc3c(c2)CCO3)c(C(C)C)nn1C. The molecule has 0 saturated heterocycles. The van der Waals surface area contributed by atoms with Crippen LogP contribution in [0.3, 0.4) is 0 Å². The first-order valence-electron chi connectivity index (χ1n) is 8.60. The van der Waals surface area contributed by atoms with Crippen molar-refractivity contribution in [2.45, 2.75) is 45.7 Å². The van der Waals surface area contributed by atoms with Gasteiger partial charge in [-0.1, -0.05) is 26.0 Å². The summed E-state index contributed by atoms with van der Waals surface area (Å²) in [6.45, 7) is 8.05. The summed E-state index contributed by atoms with van der Waals surface area (Å²) in [5, 5.41) is 8.23. The number of aryl methyl sites for hydroxylation is 1. The molecule has 0 radical (unpaired) electrons. The molecule has 1 aliphatic rings. The van der Waals surface area contributed by atoms with E-state index in [-0.39, 0.29) is 6.04 Å². The average molecular weight is 329 g/mol. The number of hydrogen-bond acceptors (Lipinski definition) is 4. The minimum Gasteiger partial charge on any atom is -0.493 e. The second kappa shape index (κ2) is 6.85. The van der Waals surface area contributed by atoms with Crippen LogP contribution in [-0.4, -0.2) is 23.5 Å². The maximum atomic E-state index is 5.59. The molecule has 0 unspecified atom stereocenters. The molecule has 0 fully saturated rings. The Morgan fingerprint density at radius 3 is 2.83 bits per heavy atom. The van der Waals surface area contributed by atoms with E-state index in [0.29, 0.717) is 5.92 Å². The molecule has 1 aromatic heterocycles. The van der Waals surface area contributed by atoms with E-state index in [1.807, 2.05) is 11.7 Å². The van der Waals surface area contributed by atoms with Crippen LogP contribution in [0.15, 0.2) is 18.2 Å². The van der Waals surface area contributed by atoms with Crippen molar-refractivity contribution in [2.24, 2.45) is 7.05 Å². The van der Waals surface area contributed by atoms with E-state index in [9.17, 15) is 0 Å². The van der Waals surface area contributed by atoms with E-state index in [1.165, 1.54) is 11.1 Å². The Balaban J connectivity index is 1.76. The molecule has 0 bridgehead atoms. The fraction of sp³-hybridized carbons (Fsp3) is 0.526. The third-order valence-corrected chi connectivity index (χ3v) is 4.66. The molecular formula is C19H27N3O2. The predicted octanol–water partition coefficient (Wildman–Crippen LogP) is 3.34. The lowest BCUT2D eigenvalue weighted by Gasteiger charge is -2.16. The van der Waals surface area contributed by atoms with Crippen molar-refractivity contribution in [1.29, 1.82) is 0 Å². The van der Waals surface area contributed by atoms with Gasteiger partial charge in [-0.2, -0.15) is 5.10 Å². The zero-order valence-corrected chi connectivity index (χ0v) is 15.2. The summed E-state index contributed by atoms with van der Waals surface area (Å²) in [6.07, 6.45) is 1.00. The number of benzene rings is 1. The van der Waals surface area contributed by atoms with E-state index in [2.05, 4.69) is 49.4 Å². The summed E-state index contributed by atoms with van der Waals surface area (Å²) in [4.78, 5) is 0. The maximum Gasteiger partial charge on any atom is 0.216 e. The topological polar surface area (TPSA) is 48.3 Å². The molecule has 2 heterocycles. The Morgan fingerprint density at radius 2 is 2.12 bits per heavy atom. The number of methoxy groups -OCH3 is 1. The van der Waals surface area contributed by atoms with E-state index in [4.69, 9.17) is 9.47 Å². The molecule has 2 aromatic rings. The van der Waals surface area contributed by atoms with Gasteiger partial charge >= 0.3 is 0 Å². The third kappa shape index (κ3) is 3.13. The van der Waals surface area contributed by atoms with Crippen molar-refractivity contribution in [2.75, 3.05) is 13.7 Å². The fourth-order valence-corrected chi connectivity index (χ4v) is 3.31. The van der Waals surface area contributed by atoms with E-state index in [1.54, 1.807) is 7.11 Å². The van der Waals surface area contributed by atoms with Crippen molar-refractivity contribution in [3.63, 3.8) is 0 Å². The molecule has 0 saturated carbocycles. The second-order valence-corrected chi connectivity index (χ2v) is 6.72. The van der Waals surface area contributed by atoms with Gasteiger partial charge in [0.25, 0.3) is 0 Å².